The Kier molecular flexibility index (Phi) is 4.88. The number of ether oxygens (including phenoxy) is 2. The number of amides is 1. The fraction of sp³-hybridized carbons (Fsp3) is 0.588. The van der Waals surface area contributed by atoms with Crippen molar-refractivity contribution in [2.24, 2.45) is 5.92 Å². The molecule has 116 valence electrons. The first-order valence-electron chi connectivity index (χ1n) is 7.63. The minimum absolute atomic E-state index is 0.0805. The van der Waals surface area contributed by atoms with E-state index in [1.165, 1.54) is 0 Å². The summed E-state index contributed by atoms with van der Waals surface area (Å²) >= 11 is 0. The number of hydrogen-bond donors (Lipinski definition) is 1. The summed E-state index contributed by atoms with van der Waals surface area (Å²) in [6, 6.07) is 7.48. The summed E-state index contributed by atoms with van der Waals surface area (Å²) in [4.78, 5) is 12.4. The van der Waals surface area contributed by atoms with Gasteiger partial charge in [0.2, 0.25) is 0 Å². The molecule has 1 aromatic rings. The average molecular weight is 291 g/mol. The van der Waals surface area contributed by atoms with Crippen molar-refractivity contribution in [2.75, 3.05) is 12.4 Å². The van der Waals surface area contributed by atoms with E-state index in [2.05, 4.69) is 12.2 Å². The second kappa shape index (κ2) is 6.48. The number of carbonyl (C=O) groups is 1. The molecule has 0 spiro atoms. The van der Waals surface area contributed by atoms with E-state index < -0.39 is 5.60 Å². The second-order valence-electron chi connectivity index (χ2n) is 5.90. The Morgan fingerprint density at radius 1 is 1.38 bits per heavy atom. The predicted octanol–water partition coefficient (Wildman–Crippen LogP) is 3.62. The van der Waals surface area contributed by atoms with E-state index in [9.17, 15) is 4.79 Å². The highest BCUT2D eigenvalue weighted by molar-refractivity contribution is 5.97. The summed E-state index contributed by atoms with van der Waals surface area (Å²) in [5.74, 6) is 1.07. The third-order valence-electron chi connectivity index (χ3n) is 4.26. The molecule has 4 heteroatoms. The van der Waals surface area contributed by atoms with E-state index in [0.29, 0.717) is 5.92 Å². The van der Waals surface area contributed by atoms with Crippen LogP contribution in [0.5, 0.6) is 5.75 Å². The molecule has 21 heavy (non-hydrogen) atoms. The van der Waals surface area contributed by atoms with E-state index in [-0.39, 0.29) is 12.0 Å². The zero-order valence-electron chi connectivity index (χ0n) is 13.3. The lowest BCUT2D eigenvalue weighted by molar-refractivity contribution is -0.138. The molecule has 2 rings (SSSR count). The molecule has 1 fully saturated rings. The van der Waals surface area contributed by atoms with Crippen molar-refractivity contribution in [2.45, 2.75) is 51.7 Å². The Morgan fingerprint density at radius 2 is 2.00 bits per heavy atom. The fourth-order valence-corrected chi connectivity index (χ4v) is 2.27. The van der Waals surface area contributed by atoms with E-state index in [1.807, 2.05) is 38.1 Å². The van der Waals surface area contributed by atoms with Gasteiger partial charge < -0.3 is 14.8 Å². The van der Waals surface area contributed by atoms with Crippen molar-refractivity contribution in [1.29, 1.82) is 0 Å². The summed E-state index contributed by atoms with van der Waals surface area (Å²) in [7, 11) is 1.60. The zero-order chi connectivity index (χ0) is 15.5. The van der Waals surface area contributed by atoms with Crippen LogP contribution in [0.3, 0.4) is 0 Å². The molecule has 0 bridgehead atoms. The van der Waals surface area contributed by atoms with Crippen molar-refractivity contribution < 1.29 is 14.3 Å². The lowest BCUT2D eigenvalue weighted by Gasteiger charge is -2.26. The molecule has 0 saturated heterocycles. The normalized spacial score (nSPS) is 18.7. The van der Waals surface area contributed by atoms with Crippen LogP contribution < -0.4 is 10.1 Å². The summed E-state index contributed by atoms with van der Waals surface area (Å²) < 4.78 is 11.2. The number of nitrogens with one attached hydrogen (secondary N) is 1. The average Bonchev–Trinajstić information content (AvgIpc) is 3.33. The monoisotopic (exact) mass is 291 g/mol. The number of hydrogen-bond acceptors (Lipinski definition) is 3. The van der Waals surface area contributed by atoms with Gasteiger partial charge >= 0.3 is 0 Å². The van der Waals surface area contributed by atoms with Gasteiger partial charge in [0.15, 0.2) is 0 Å². The number of methoxy groups -OCH3 is 1. The fourth-order valence-electron chi connectivity index (χ4n) is 2.27. The molecule has 1 aliphatic carbocycles. The van der Waals surface area contributed by atoms with Crippen LogP contribution in [-0.2, 0) is 9.53 Å². The van der Waals surface area contributed by atoms with E-state index >= 15 is 0 Å². The highest BCUT2D eigenvalue weighted by Gasteiger charge is 2.47. The minimum atomic E-state index is -0.730. The van der Waals surface area contributed by atoms with Gasteiger partial charge in [0.05, 0.1) is 6.10 Å². The molecule has 1 saturated carbocycles. The zero-order valence-corrected chi connectivity index (χ0v) is 13.3. The number of anilines is 1. The Hall–Kier alpha value is -1.55. The van der Waals surface area contributed by atoms with Gasteiger partial charge in [-0.15, -0.1) is 0 Å². The van der Waals surface area contributed by atoms with Gasteiger partial charge in [-0.3, -0.25) is 4.79 Å². The summed E-state index contributed by atoms with van der Waals surface area (Å²) in [6.07, 6.45) is 3.27. The third-order valence-corrected chi connectivity index (χ3v) is 4.26. The van der Waals surface area contributed by atoms with Crippen LogP contribution in [0, 0.1) is 5.92 Å². The molecule has 0 radical (unpaired) electrons. The summed E-state index contributed by atoms with van der Waals surface area (Å²) in [5, 5.41) is 2.93. The number of rotatable bonds is 7. The van der Waals surface area contributed by atoms with Gasteiger partial charge in [-0.1, -0.05) is 6.92 Å². The van der Waals surface area contributed by atoms with Gasteiger partial charge in [0.1, 0.15) is 11.4 Å². The molecule has 1 aliphatic rings. The SMILES string of the molecule is CC[C@H](C)Oc1ccc(NC(=O)[C@@](C)(OC)C2CC2)cc1. The van der Waals surface area contributed by atoms with Crippen molar-refractivity contribution in [3.8, 4) is 5.75 Å². The van der Waals surface area contributed by atoms with Gasteiger partial charge in [-0.05, 0) is 63.3 Å². The molecule has 0 aromatic heterocycles. The molecular weight excluding hydrogens is 266 g/mol. The van der Waals surface area contributed by atoms with Gasteiger partial charge in [-0.2, -0.15) is 0 Å². The Balaban J connectivity index is 1.98. The van der Waals surface area contributed by atoms with Gasteiger partial charge in [-0.25, -0.2) is 0 Å². The van der Waals surface area contributed by atoms with Gasteiger partial charge in [0.25, 0.3) is 5.91 Å². The maximum absolute atomic E-state index is 12.4. The molecule has 1 aromatic carbocycles. The van der Waals surface area contributed by atoms with Crippen molar-refractivity contribution in [1.82, 2.24) is 0 Å². The highest BCUT2D eigenvalue weighted by atomic mass is 16.5. The van der Waals surface area contributed by atoms with Crippen LogP contribution >= 0.6 is 0 Å². The highest BCUT2D eigenvalue weighted by Crippen LogP contribution is 2.42. The van der Waals surface area contributed by atoms with Crippen LogP contribution in [0.1, 0.15) is 40.0 Å². The van der Waals surface area contributed by atoms with E-state index in [0.717, 1.165) is 30.7 Å². The maximum atomic E-state index is 12.4. The largest absolute Gasteiger partial charge is 0.491 e. The van der Waals surface area contributed by atoms with Crippen molar-refractivity contribution >= 4 is 11.6 Å². The molecule has 0 aliphatic heterocycles. The quantitative estimate of drug-likeness (QED) is 0.834. The molecular formula is C17H25NO3. The number of benzene rings is 1. The molecule has 4 nitrogen and oxygen atoms in total. The van der Waals surface area contributed by atoms with Crippen molar-refractivity contribution in [3.05, 3.63) is 24.3 Å². The first kappa shape index (κ1) is 15.8. The minimum Gasteiger partial charge on any atom is -0.491 e. The van der Waals surface area contributed by atoms with Crippen LogP contribution in [0.25, 0.3) is 0 Å². The van der Waals surface area contributed by atoms with E-state index in [4.69, 9.17) is 9.47 Å². The Morgan fingerprint density at radius 3 is 2.48 bits per heavy atom. The standard InChI is InChI=1S/C17H25NO3/c1-5-12(2)21-15-10-8-14(9-11-15)18-16(19)17(3,20-4)13-6-7-13/h8-13H,5-7H2,1-4H3,(H,18,19)/t12-,17-/m0/s1. The van der Waals surface area contributed by atoms with Crippen LogP contribution in [0.2, 0.25) is 0 Å². The molecule has 1 amide bonds. The Bertz CT molecular complexity index is 481. The second-order valence-corrected chi connectivity index (χ2v) is 5.90. The van der Waals surface area contributed by atoms with Crippen LogP contribution in [-0.4, -0.2) is 24.7 Å². The molecule has 2 atom stereocenters. The topological polar surface area (TPSA) is 47.6 Å². The third kappa shape index (κ3) is 3.76. The van der Waals surface area contributed by atoms with Gasteiger partial charge in [0, 0.05) is 12.8 Å². The first-order chi connectivity index (χ1) is 9.99. The van der Waals surface area contributed by atoms with E-state index in [1.54, 1.807) is 7.11 Å². The number of carbonyl (C=O) groups excluding carboxylic acids is 1. The smallest absolute Gasteiger partial charge is 0.256 e. The molecule has 0 heterocycles. The summed E-state index contributed by atoms with van der Waals surface area (Å²) in [5.41, 5.74) is 0.0340. The molecule has 0 unspecified atom stereocenters. The Labute approximate surface area is 126 Å². The van der Waals surface area contributed by atoms with Crippen LogP contribution in [0.15, 0.2) is 24.3 Å². The lowest BCUT2D eigenvalue weighted by atomic mass is 9.99. The lowest BCUT2D eigenvalue weighted by Crippen LogP contribution is -2.44. The summed E-state index contributed by atoms with van der Waals surface area (Å²) in [6.45, 7) is 5.98. The first-order valence-corrected chi connectivity index (χ1v) is 7.63. The maximum Gasteiger partial charge on any atom is 0.256 e. The molecule has 1 N–H and O–H groups in total. The predicted molar refractivity (Wildman–Crippen MR) is 83.6 cm³/mol. The van der Waals surface area contributed by atoms with Crippen LogP contribution in [0.4, 0.5) is 5.69 Å². The van der Waals surface area contributed by atoms with Crippen molar-refractivity contribution in [3.63, 3.8) is 0 Å².